The molecule has 0 unspecified atom stereocenters. The van der Waals surface area contributed by atoms with Crippen molar-refractivity contribution >= 4 is 38.9 Å². The van der Waals surface area contributed by atoms with Crippen LogP contribution in [0.25, 0.3) is 38.6 Å². The zero-order valence-electron chi connectivity index (χ0n) is 17.4. The van der Waals surface area contributed by atoms with E-state index in [4.69, 9.17) is 11.6 Å². The van der Waals surface area contributed by atoms with Crippen LogP contribution in [-0.2, 0) is 6.54 Å². The van der Waals surface area contributed by atoms with Crippen molar-refractivity contribution in [2.45, 2.75) is 44.6 Å². The van der Waals surface area contributed by atoms with Crippen LogP contribution >= 0.6 is 11.6 Å². The number of para-hydroxylation sites is 1. The molecule has 3 heteroatoms. The summed E-state index contributed by atoms with van der Waals surface area (Å²) in [5, 5.41) is 4.92. The summed E-state index contributed by atoms with van der Waals surface area (Å²) in [5.41, 5.74) is 7.86. The molecule has 5 aromatic rings. The maximum absolute atomic E-state index is 6.96. The highest BCUT2D eigenvalue weighted by atomic mass is 35.5. The molecule has 1 aliphatic heterocycles. The molecule has 0 N–H and O–H groups in total. The van der Waals surface area contributed by atoms with Crippen molar-refractivity contribution in [2.75, 3.05) is 0 Å². The van der Waals surface area contributed by atoms with Gasteiger partial charge in [0.2, 0.25) is 0 Å². The Labute approximate surface area is 186 Å². The Morgan fingerprint density at radius 1 is 0.839 bits per heavy atom. The SMILES string of the molecule is Clc1cccc(C2CCCCC2)c1-c1c[n+]2c3c4c(cccc4c4ccccc4n13)C2. The molecule has 31 heavy (non-hydrogen) atoms. The molecule has 2 nitrogen and oxygen atoms in total. The van der Waals surface area contributed by atoms with Crippen molar-refractivity contribution in [3.05, 3.63) is 83.0 Å². The number of aromatic nitrogens is 2. The molecule has 0 amide bonds. The molecule has 0 radical (unpaired) electrons. The van der Waals surface area contributed by atoms with Gasteiger partial charge in [-0.05, 0) is 36.5 Å². The number of halogens is 1. The van der Waals surface area contributed by atoms with Crippen LogP contribution in [0.3, 0.4) is 0 Å². The molecule has 2 aromatic heterocycles. The van der Waals surface area contributed by atoms with Gasteiger partial charge in [0.05, 0.1) is 10.4 Å². The standard InChI is InChI=1S/C28H24ClN2/c29-23-14-7-12-20(18-8-2-1-3-9-18)27(23)25-17-30-16-19-10-6-13-22-21-11-4-5-15-24(21)31(25)28(30)26(19)22/h4-7,10-15,17-18H,1-3,8-9,16H2/q+1. The summed E-state index contributed by atoms with van der Waals surface area (Å²) in [6.07, 6.45) is 8.88. The van der Waals surface area contributed by atoms with Gasteiger partial charge in [-0.15, -0.1) is 0 Å². The Morgan fingerprint density at radius 3 is 2.55 bits per heavy atom. The summed E-state index contributed by atoms with van der Waals surface area (Å²) < 4.78 is 4.90. The van der Waals surface area contributed by atoms with Gasteiger partial charge in [0.15, 0.2) is 5.69 Å². The summed E-state index contributed by atoms with van der Waals surface area (Å²) >= 11 is 6.96. The minimum absolute atomic E-state index is 0.603. The van der Waals surface area contributed by atoms with Gasteiger partial charge in [-0.25, -0.2) is 4.57 Å². The second kappa shape index (κ2) is 6.58. The topological polar surface area (TPSA) is 8.29 Å². The van der Waals surface area contributed by atoms with Crippen LogP contribution in [0.5, 0.6) is 0 Å². The number of hydrogen-bond acceptors (Lipinski definition) is 0. The maximum Gasteiger partial charge on any atom is 0.295 e. The van der Waals surface area contributed by atoms with Crippen LogP contribution in [0.1, 0.15) is 49.1 Å². The molecular weight excluding hydrogens is 400 g/mol. The first-order valence-corrected chi connectivity index (χ1v) is 11.8. The lowest BCUT2D eigenvalue weighted by Crippen LogP contribution is -2.28. The normalized spacial score (nSPS) is 16.3. The van der Waals surface area contributed by atoms with Crippen LogP contribution < -0.4 is 4.57 Å². The van der Waals surface area contributed by atoms with Gasteiger partial charge in [-0.2, -0.15) is 4.40 Å². The highest BCUT2D eigenvalue weighted by molar-refractivity contribution is 6.33. The van der Waals surface area contributed by atoms with Gasteiger partial charge in [0, 0.05) is 21.9 Å². The van der Waals surface area contributed by atoms with Crippen molar-refractivity contribution in [3.63, 3.8) is 0 Å². The average Bonchev–Trinajstić information content (AvgIpc) is 3.36. The second-order valence-corrected chi connectivity index (χ2v) is 9.60. The third kappa shape index (κ3) is 2.43. The van der Waals surface area contributed by atoms with Crippen LogP contribution in [0.2, 0.25) is 5.02 Å². The Bertz CT molecular complexity index is 1500. The number of nitrogens with zero attached hydrogens (tertiary/aromatic N) is 2. The first-order chi connectivity index (χ1) is 15.3. The maximum atomic E-state index is 6.96. The van der Waals surface area contributed by atoms with E-state index >= 15 is 0 Å². The van der Waals surface area contributed by atoms with Gasteiger partial charge in [-0.3, -0.25) is 0 Å². The number of hydrogen-bond donors (Lipinski definition) is 0. The highest BCUT2D eigenvalue weighted by Gasteiger charge is 2.33. The largest absolute Gasteiger partial charge is 0.295 e. The minimum atomic E-state index is 0.603. The van der Waals surface area contributed by atoms with Gasteiger partial charge in [0.25, 0.3) is 5.65 Å². The van der Waals surface area contributed by atoms with Crippen molar-refractivity contribution in [3.8, 4) is 11.3 Å². The zero-order valence-corrected chi connectivity index (χ0v) is 18.2. The van der Waals surface area contributed by atoms with Crippen molar-refractivity contribution < 1.29 is 4.57 Å². The average molecular weight is 424 g/mol. The number of benzene rings is 3. The van der Waals surface area contributed by atoms with Gasteiger partial charge in [0.1, 0.15) is 18.3 Å². The summed E-state index contributed by atoms with van der Waals surface area (Å²) in [6.45, 7) is 0.926. The van der Waals surface area contributed by atoms with Gasteiger partial charge >= 0.3 is 0 Å². The van der Waals surface area contributed by atoms with Crippen molar-refractivity contribution in [1.82, 2.24) is 4.40 Å². The van der Waals surface area contributed by atoms with Crippen molar-refractivity contribution in [2.24, 2.45) is 0 Å². The Balaban J connectivity index is 1.63. The van der Waals surface area contributed by atoms with E-state index in [-0.39, 0.29) is 0 Å². The predicted octanol–water partition coefficient (Wildman–Crippen LogP) is 7.26. The van der Waals surface area contributed by atoms with E-state index in [2.05, 4.69) is 75.8 Å². The fourth-order valence-corrected chi connectivity index (χ4v) is 6.45. The van der Waals surface area contributed by atoms with E-state index < -0.39 is 0 Å². The van der Waals surface area contributed by atoms with E-state index in [1.54, 1.807) is 0 Å². The van der Waals surface area contributed by atoms with E-state index in [9.17, 15) is 0 Å². The van der Waals surface area contributed by atoms with Crippen molar-refractivity contribution in [1.29, 1.82) is 0 Å². The fraction of sp³-hybridized carbons (Fsp3) is 0.250. The third-order valence-electron chi connectivity index (χ3n) is 7.50. The molecular formula is C28H24ClN2+. The molecule has 3 aromatic carbocycles. The summed E-state index contributed by atoms with van der Waals surface area (Å²) in [6, 6.07) is 22.1. The molecule has 0 bridgehead atoms. The minimum Gasteiger partial charge on any atom is -0.225 e. The first kappa shape index (κ1) is 17.8. The fourth-order valence-electron chi connectivity index (χ4n) is 6.17. The number of fused-ring (bicyclic) bond motifs is 3. The van der Waals surface area contributed by atoms with E-state index in [0.29, 0.717) is 5.92 Å². The van der Waals surface area contributed by atoms with E-state index in [0.717, 1.165) is 11.6 Å². The van der Waals surface area contributed by atoms with E-state index in [1.165, 1.54) is 81.8 Å². The second-order valence-electron chi connectivity index (χ2n) is 9.20. The van der Waals surface area contributed by atoms with Crippen LogP contribution in [-0.4, -0.2) is 4.40 Å². The Morgan fingerprint density at radius 2 is 1.65 bits per heavy atom. The lowest BCUT2D eigenvalue weighted by atomic mass is 9.81. The molecule has 152 valence electrons. The Hall–Kier alpha value is -2.84. The predicted molar refractivity (Wildman–Crippen MR) is 128 cm³/mol. The molecule has 0 saturated heterocycles. The van der Waals surface area contributed by atoms with Crippen LogP contribution in [0, 0.1) is 0 Å². The van der Waals surface area contributed by atoms with Crippen LogP contribution in [0.15, 0.2) is 66.9 Å². The molecule has 1 fully saturated rings. The highest BCUT2D eigenvalue weighted by Crippen LogP contribution is 2.43. The van der Waals surface area contributed by atoms with E-state index in [1.807, 2.05) is 0 Å². The molecule has 7 rings (SSSR count). The molecule has 3 heterocycles. The summed E-state index contributed by atoms with van der Waals surface area (Å²) in [4.78, 5) is 0. The molecule has 1 aliphatic carbocycles. The monoisotopic (exact) mass is 423 g/mol. The lowest BCUT2D eigenvalue weighted by Gasteiger charge is -2.24. The lowest BCUT2D eigenvalue weighted by molar-refractivity contribution is -0.657. The zero-order chi connectivity index (χ0) is 20.5. The number of pyridine rings is 1. The Kier molecular flexibility index (Phi) is 3.78. The molecule has 0 atom stereocenters. The molecule has 2 aliphatic rings. The van der Waals surface area contributed by atoms with Gasteiger partial charge in [-0.1, -0.05) is 79.4 Å². The quantitative estimate of drug-likeness (QED) is 0.204. The molecule has 1 saturated carbocycles. The number of rotatable bonds is 2. The van der Waals surface area contributed by atoms with Gasteiger partial charge < -0.3 is 0 Å². The summed E-state index contributed by atoms with van der Waals surface area (Å²) in [7, 11) is 0. The molecule has 0 spiro atoms. The third-order valence-corrected chi connectivity index (χ3v) is 7.82. The smallest absolute Gasteiger partial charge is 0.225 e. The summed E-state index contributed by atoms with van der Waals surface area (Å²) in [5.74, 6) is 0.603. The number of imidazole rings is 1. The first-order valence-electron chi connectivity index (χ1n) is 11.5. The van der Waals surface area contributed by atoms with Crippen LogP contribution in [0.4, 0.5) is 0 Å².